The third-order valence-corrected chi connectivity index (χ3v) is 7.59. The van der Waals surface area contributed by atoms with Crippen LogP contribution in [0.25, 0.3) is 10.6 Å². The Kier molecular flexibility index (Phi) is 6.28. The van der Waals surface area contributed by atoms with E-state index in [1.807, 2.05) is 29.2 Å². The molecule has 7 nitrogen and oxygen atoms in total. The zero-order valence-electron chi connectivity index (χ0n) is 18.8. The van der Waals surface area contributed by atoms with Gasteiger partial charge in [-0.3, -0.25) is 9.59 Å². The molecule has 1 aromatic heterocycles. The summed E-state index contributed by atoms with van der Waals surface area (Å²) in [6, 6.07) is 13.9. The van der Waals surface area contributed by atoms with E-state index in [2.05, 4.69) is 10.2 Å². The molecule has 9 heteroatoms. The zero-order valence-corrected chi connectivity index (χ0v) is 19.6. The molecule has 0 spiro atoms. The zero-order chi connectivity index (χ0) is 23.7. The number of halogens is 1. The van der Waals surface area contributed by atoms with Crippen LogP contribution in [0.3, 0.4) is 0 Å². The average molecular weight is 481 g/mol. The smallest absolute Gasteiger partial charge is 0.228 e. The van der Waals surface area contributed by atoms with E-state index in [0.717, 1.165) is 23.5 Å². The van der Waals surface area contributed by atoms with E-state index in [0.29, 0.717) is 36.0 Å². The number of piperidine rings is 1. The van der Waals surface area contributed by atoms with Crippen LogP contribution in [0, 0.1) is 11.7 Å². The first-order valence-electron chi connectivity index (χ1n) is 11.3. The van der Waals surface area contributed by atoms with Crippen molar-refractivity contribution >= 4 is 28.8 Å². The van der Waals surface area contributed by atoms with E-state index in [9.17, 15) is 14.0 Å². The third kappa shape index (κ3) is 4.40. The summed E-state index contributed by atoms with van der Waals surface area (Å²) < 4.78 is 19.4. The highest BCUT2D eigenvalue weighted by molar-refractivity contribution is 7.14. The highest BCUT2D eigenvalue weighted by Crippen LogP contribution is 2.35. The van der Waals surface area contributed by atoms with Crippen LogP contribution >= 0.6 is 11.3 Å². The van der Waals surface area contributed by atoms with E-state index >= 15 is 0 Å². The molecule has 0 N–H and O–H groups in total. The topological polar surface area (TPSA) is 75.6 Å². The number of hydrogen-bond donors (Lipinski definition) is 0. The molecule has 2 amide bonds. The number of carbonyl (C=O) groups is 2. The summed E-state index contributed by atoms with van der Waals surface area (Å²) in [7, 11) is 1.58. The van der Waals surface area contributed by atoms with Crippen LogP contribution in [0.2, 0.25) is 0 Å². The van der Waals surface area contributed by atoms with Crippen molar-refractivity contribution in [1.82, 2.24) is 15.1 Å². The summed E-state index contributed by atoms with van der Waals surface area (Å²) in [5.74, 6) is -0.0211. The van der Waals surface area contributed by atoms with E-state index < -0.39 is 0 Å². The van der Waals surface area contributed by atoms with Crippen LogP contribution < -0.4 is 9.64 Å². The standard InChI is InChI=1S/C25H25FN4O3S/c1-33-19-8-4-7-18(13-19)30-15-17(12-22(30)31)25(32)29-11-5-6-16(14-29)23-27-28-24(34-23)20-9-2-3-10-21(20)26/h2-4,7-10,13,16-17H,5-6,11-12,14-15H2,1H3. The molecule has 2 atom stereocenters. The molecule has 5 rings (SSSR count). The summed E-state index contributed by atoms with van der Waals surface area (Å²) >= 11 is 1.38. The van der Waals surface area contributed by atoms with Crippen LogP contribution in [-0.2, 0) is 9.59 Å². The summed E-state index contributed by atoms with van der Waals surface area (Å²) in [6.07, 6.45) is 1.95. The highest BCUT2D eigenvalue weighted by atomic mass is 32.1. The van der Waals surface area contributed by atoms with Crippen molar-refractivity contribution in [2.45, 2.75) is 25.2 Å². The molecular weight excluding hydrogens is 455 g/mol. The normalized spacial score (nSPS) is 20.6. The third-order valence-electron chi connectivity index (χ3n) is 6.47. The number of hydrogen-bond acceptors (Lipinski definition) is 6. The number of anilines is 1. The van der Waals surface area contributed by atoms with E-state index in [-0.39, 0.29) is 35.9 Å². The number of methoxy groups -OCH3 is 1. The van der Waals surface area contributed by atoms with Crippen LogP contribution in [0.15, 0.2) is 48.5 Å². The molecule has 3 heterocycles. The maximum atomic E-state index is 14.1. The predicted octanol–water partition coefficient (Wildman–Crippen LogP) is 4.11. The summed E-state index contributed by atoms with van der Waals surface area (Å²) in [5, 5.41) is 9.88. The number of ether oxygens (including phenoxy) is 1. The van der Waals surface area contributed by atoms with Crippen LogP contribution in [-0.4, -0.2) is 53.7 Å². The average Bonchev–Trinajstić information content (AvgIpc) is 3.51. The van der Waals surface area contributed by atoms with Gasteiger partial charge in [-0.2, -0.15) is 0 Å². The largest absolute Gasteiger partial charge is 0.497 e. The van der Waals surface area contributed by atoms with Crippen molar-refractivity contribution in [1.29, 1.82) is 0 Å². The Balaban J connectivity index is 1.27. The summed E-state index contributed by atoms with van der Waals surface area (Å²) in [4.78, 5) is 29.5. The monoisotopic (exact) mass is 480 g/mol. The van der Waals surface area contributed by atoms with Gasteiger partial charge in [-0.1, -0.05) is 29.5 Å². The fourth-order valence-electron chi connectivity index (χ4n) is 4.68. The molecule has 2 fully saturated rings. The van der Waals surface area contributed by atoms with E-state index in [1.54, 1.807) is 30.2 Å². The van der Waals surface area contributed by atoms with E-state index in [4.69, 9.17) is 4.74 Å². The quantitative estimate of drug-likeness (QED) is 0.549. The fourth-order valence-corrected chi connectivity index (χ4v) is 5.68. The summed E-state index contributed by atoms with van der Waals surface area (Å²) in [6.45, 7) is 1.56. The van der Waals surface area contributed by atoms with Crippen molar-refractivity contribution in [3.63, 3.8) is 0 Å². The predicted molar refractivity (Wildman–Crippen MR) is 127 cm³/mol. The SMILES string of the molecule is COc1cccc(N2CC(C(=O)N3CCCC(c4nnc(-c5ccccc5F)s4)C3)CC2=O)c1. The van der Waals surface area contributed by atoms with Gasteiger partial charge in [-0.05, 0) is 37.1 Å². The lowest BCUT2D eigenvalue weighted by Crippen LogP contribution is -2.43. The molecule has 2 aliphatic rings. The first kappa shape index (κ1) is 22.5. The van der Waals surface area contributed by atoms with Gasteiger partial charge in [-0.25, -0.2) is 4.39 Å². The van der Waals surface area contributed by atoms with Crippen LogP contribution in [0.5, 0.6) is 5.75 Å². The van der Waals surface area contributed by atoms with Gasteiger partial charge in [0.05, 0.1) is 13.0 Å². The second kappa shape index (κ2) is 9.50. The number of aromatic nitrogens is 2. The van der Waals surface area contributed by atoms with Gasteiger partial charge in [0.25, 0.3) is 0 Å². The number of amides is 2. The van der Waals surface area contributed by atoms with Gasteiger partial charge >= 0.3 is 0 Å². The molecule has 176 valence electrons. The second-order valence-electron chi connectivity index (χ2n) is 8.66. The Labute approximate surface area is 201 Å². The molecule has 3 aromatic rings. The lowest BCUT2D eigenvalue weighted by Gasteiger charge is -2.33. The molecule has 2 unspecified atom stereocenters. The molecule has 2 aromatic carbocycles. The maximum absolute atomic E-state index is 14.1. The van der Waals surface area contributed by atoms with Crippen LogP contribution in [0.1, 0.15) is 30.2 Å². The Morgan fingerprint density at radius 1 is 1.15 bits per heavy atom. The maximum Gasteiger partial charge on any atom is 0.228 e. The first-order chi connectivity index (χ1) is 16.5. The van der Waals surface area contributed by atoms with Crippen LogP contribution in [0.4, 0.5) is 10.1 Å². The molecule has 2 saturated heterocycles. The van der Waals surface area contributed by atoms with Crippen molar-refractivity contribution in [3.05, 3.63) is 59.4 Å². The van der Waals surface area contributed by atoms with Crippen molar-refractivity contribution in [3.8, 4) is 16.3 Å². The Bertz CT molecular complexity index is 1220. The van der Waals surface area contributed by atoms with Gasteiger partial charge in [0.1, 0.15) is 16.6 Å². The Morgan fingerprint density at radius 2 is 2.00 bits per heavy atom. The summed E-state index contributed by atoms with van der Waals surface area (Å²) in [5.41, 5.74) is 1.18. The minimum atomic E-state index is -0.374. The lowest BCUT2D eigenvalue weighted by molar-refractivity contribution is -0.137. The molecule has 2 aliphatic heterocycles. The second-order valence-corrected chi connectivity index (χ2v) is 9.66. The van der Waals surface area contributed by atoms with Gasteiger partial charge in [0.15, 0.2) is 5.01 Å². The number of carbonyl (C=O) groups excluding carboxylic acids is 2. The first-order valence-corrected chi connectivity index (χ1v) is 12.2. The Morgan fingerprint density at radius 3 is 2.82 bits per heavy atom. The number of rotatable bonds is 5. The highest BCUT2D eigenvalue weighted by Gasteiger charge is 2.39. The molecule has 0 aliphatic carbocycles. The molecule has 0 saturated carbocycles. The van der Waals surface area contributed by atoms with Gasteiger partial charge in [0.2, 0.25) is 11.8 Å². The molecule has 34 heavy (non-hydrogen) atoms. The Hall–Kier alpha value is -3.33. The molecule has 0 bridgehead atoms. The van der Waals surface area contributed by atoms with E-state index in [1.165, 1.54) is 17.4 Å². The van der Waals surface area contributed by atoms with Gasteiger partial charge < -0.3 is 14.5 Å². The van der Waals surface area contributed by atoms with Crippen molar-refractivity contribution < 1.29 is 18.7 Å². The fraction of sp³-hybridized carbons (Fsp3) is 0.360. The molecule has 0 radical (unpaired) electrons. The number of nitrogens with zero attached hydrogens (tertiary/aromatic N) is 4. The van der Waals surface area contributed by atoms with Crippen molar-refractivity contribution in [2.75, 3.05) is 31.6 Å². The minimum Gasteiger partial charge on any atom is -0.497 e. The minimum absolute atomic E-state index is 0.00212. The lowest BCUT2D eigenvalue weighted by atomic mass is 9.97. The van der Waals surface area contributed by atoms with Crippen molar-refractivity contribution in [2.24, 2.45) is 5.92 Å². The molecular formula is C25H25FN4O3S. The number of benzene rings is 2. The number of likely N-dealkylation sites (tertiary alicyclic amines) is 1. The van der Waals surface area contributed by atoms with Gasteiger partial charge in [0, 0.05) is 49.3 Å². The van der Waals surface area contributed by atoms with Gasteiger partial charge in [-0.15, -0.1) is 10.2 Å².